The van der Waals surface area contributed by atoms with E-state index in [-0.39, 0.29) is 5.91 Å². The molecule has 0 bridgehead atoms. The van der Waals surface area contributed by atoms with Crippen LogP contribution in [0.1, 0.15) is 15.2 Å². The second kappa shape index (κ2) is 6.71. The maximum absolute atomic E-state index is 12.4. The summed E-state index contributed by atoms with van der Waals surface area (Å²) in [5, 5.41) is 15.7. The van der Waals surface area contributed by atoms with Gasteiger partial charge in [-0.05, 0) is 45.8 Å². The van der Waals surface area contributed by atoms with E-state index in [1.54, 1.807) is 11.8 Å². The van der Waals surface area contributed by atoms with Crippen molar-refractivity contribution in [3.63, 3.8) is 0 Å². The maximum Gasteiger partial charge on any atom is 0.267 e. The van der Waals surface area contributed by atoms with Crippen molar-refractivity contribution >= 4 is 34.7 Å². The van der Waals surface area contributed by atoms with Gasteiger partial charge in [-0.25, -0.2) is 0 Å². The molecule has 0 saturated heterocycles. The average molecular weight is 331 g/mol. The fraction of sp³-hybridized carbons (Fsp3) is 0.143. The van der Waals surface area contributed by atoms with Crippen LogP contribution in [0.5, 0.6) is 0 Å². The van der Waals surface area contributed by atoms with Gasteiger partial charge in [0.25, 0.3) is 5.91 Å². The second-order valence-corrected chi connectivity index (χ2v) is 6.26. The quantitative estimate of drug-likeness (QED) is 0.778. The van der Waals surface area contributed by atoms with Crippen LogP contribution in [-0.4, -0.2) is 32.4 Å². The predicted octanol–water partition coefficient (Wildman–Crippen LogP) is 2.84. The van der Waals surface area contributed by atoms with E-state index in [1.165, 1.54) is 27.9 Å². The van der Waals surface area contributed by atoms with Gasteiger partial charge in [0.1, 0.15) is 11.2 Å². The Morgan fingerprint density at radius 2 is 2.14 bits per heavy atom. The van der Waals surface area contributed by atoms with Crippen LogP contribution < -0.4 is 5.32 Å². The number of thiophene rings is 1. The normalized spacial score (nSPS) is 10.6. The van der Waals surface area contributed by atoms with Gasteiger partial charge in [-0.1, -0.05) is 12.1 Å². The Kier molecular flexibility index (Phi) is 4.50. The maximum atomic E-state index is 12.4. The van der Waals surface area contributed by atoms with E-state index in [0.717, 1.165) is 11.4 Å². The number of rotatable bonds is 5. The minimum Gasteiger partial charge on any atom is -0.321 e. The van der Waals surface area contributed by atoms with Gasteiger partial charge >= 0.3 is 0 Å². The molecule has 0 atom stereocenters. The van der Waals surface area contributed by atoms with Gasteiger partial charge < -0.3 is 5.32 Å². The highest BCUT2D eigenvalue weighted by atomic mass is 32.2. The summed E-state index contributed by atoms with van der Waals surface area (Å²) in [5.74, 6) is 0.793. The Morgan fingerprint density at radius 3 is 2.82 bits per heavy atom. The molecule has 8 heteroatoms. The highest BCUT2D eigenvalue weighted by molar-refractivity contribution is 7.97. The van der Waals surface area contributed by atoms with Crippen LogP contribution in [0.4, 0.5) is 5.69 Å². The van der Waals surface area contributed by atoms with E-state index < -0.39 is 0 Å². The van der Waals surface area contributed by atoms with Gasteiger partial charge in [0.05, 0.1) is 5.69 Å². The van der Waals surface area contributed by atoms with Crippen molar-refractivity contribution in [2.45, 2.75) is 5.75 Å². The highest BCUT2D eigenvalue weighted by Crippen LogP contribution is 2.22. The minimum absolute atomic E-state index is 0.168. The number of amides is 1. The molecule has 112 valence electrons. The molecule has 22 heavy (non-hydrogen) atoms. The zero-order valence-electron chi connectivity index (χ0n) is 11.8. The summed E-state index contributed by atoms with van der Waals surface area (Å²) in [7, 11) is 0. The Hall–Kier alpha value is -2.19. The van der Waals surface area contributed by atoms with Crippen molar-refractivity contribution in [2.24, 2.45) is 0 Å². The van der Waals surface area contributed by atoms with Crippen LogP contribution in [-0.2, 0) is 5.75 Å². The van der Waals surface area contributed by atoms with Crippen LogP contribution in [0.2, 0.25) is 0 Å². The summed E-state index contributed by atoms with van der Waals surface area (Å²) >= 11 is 3.12. The van der Waals surface area contributed by atoms with E-state index in [1.807, 2.05) is 35.7 Å². The molecular weight excluding hydrogens is 318 g/mol. The lowest BCUT2D eigenvalue weighted by atomic mass is 10.2. The first-order valence-electron chi connectivity index (χ1n) is 6.48. The minimum atomic E-state index is -0.168. The molecule has 0 aliphatic rings. The molecule has 2 heterocycles. The summed E-state index contributed by atoms with van der Waals surface area (Å²) in [6.07, 6.45) is 3.53. The number of hydrogen-bond donors (Lipinski definition) is 1. The van der Waals surface area contributed by atoms with E-state index >= 15 is 0 Å². The summed E-state index contributed by atoms with van der Waals surface area (Å²) in [5.41, 5.74) is 2.67. The van der Waals surface area contributed by atoms with Gasteiger partial charge in [-0.3, -0.25) is 4.79 Å². The standard InChI is InChI=1S/C14H13N5OS2/c1-21-8-10-2-4-11(5-3-10)16-14(20)13-12(6-7-22-13)19-9-15-17-18-19/h2-7,9H,8H2,1H3,(H,16,20). The fourth-order valence-electron chi connectivity index (χ4n) is 1.96. The molecule has 0 aliphatic carbocycles. The number of carbonyl (C=O) groups is 1. The largest absolute Gasteiger partial charge is 0.321 e. The molecular formula is C14H13N5OS2. The zero-order chi connectivity index (χ0) is 15.4. The lowest BCUT2D eigenvalue weighted by Crippen LogP contribution is -2.13. The fourth-order valence-corrected chi connectivity index (χ4v) is 3.26. The molecule has 2 aromatic heterocycles. The number of carbonyl (C=O) groups excluding carboxylic acids is 1. The van der Waals surface area contributed by atoms with E-state index in [0.29, 0.717) is 10.6 Å². The number of hydrogen-bond acceptors (Lipinski definition) is 6. The van der Waals surface area contributed by atoms with Crippen LogP contribution in [0, 0.1) is 0 Å². The van der Waals surface area contributed by atoms with Gasteiger partial charge in [0.15, 0.2) is 0 Å². The lowest BCUT2D eigenvalue weighted by Gasteiger charge is -2.06. The van der Waals surface area contributed by atoms with E-state index in [2.05, 4.69) is 27.1 Å². The topological polar surface area (TPSA) is 72.7 Å². The second-order valence-electron chi connectivity index (χ2n) is 4.47. The number of aromatic nitrogens is 4. The van der Waals surface area contributed by atoms with Crippen molar-refractivity contribution in [1.82, 2.24) is 20.2 Å². The van der Waals surface area contributed by atoms with E-state index in [4.69, 9.17) is 0 Å². The van der Waals surface area contributed by atoms with Gasteiger partial charge in [0.2, 0.25) is 0 Å². The number of tetrazole rings is 1. The molecule has 3 aromatic rings. The summed E-state index contributed by atoms with van der Waals surface area (Å²) < 4.78 is 1.48. The molecule has 1 aromatic carbocycles. The molecule has 6 nitrogen and oxygen atoms in total. The van der Waals surface area contributed by atoms with Crippen molar-refractivity contribution in [3.8, 4) is 5.69 Å². The average Bonchev–Trinajstić information content (AvgIpc) is 3.20. The summed E-state index contributed by atoms with van der Waals surface area (Å²) in [6.45, 7) is 0. The van der Waals surface area contributed by atoms with Crippen LogP contribution >= 0.6 is 23.1 Å². The Labute approximate surface area is 135 Å². The van der Waals surface area contributed by atoms with Crippen molar-refractivity contribution in [2.75, 3.05) is 11.6 Å². The number of thioether (sulfide) groups is 1. The van der Waals surface area contributed by atoms with Gasteiger partial charge in [-0.15, -0.1) is 16.4 Å². The SMILES string of the molecule is CSCc1ccc(NC(=O)c2sccc2-n2cnnn2)cc1. The first kappa shape index (κ1) is 14.7. The van der Waals surface area contributed by atoms with Crippen molar-refractivity contribution in [1.29, 1.82) is 0 Å². The third-order valence-corrected chi connectivity index (χ3v) is 4.49. The predicted molar refractivity (Wildman–Crippen MR) is 88.6 cm³/mol. The summed E-state index contributed by atoms with van der Waals surface area (Å²) in [6, 6.07) is 9.67. The monoisotopic (exact) mass is 331 g/mol. The molecule has 1 amide bonds. The van der Waals surface area contributed by atoms with Crippen molar-refractivity contribution < 1.29 is 4.79 Å². The van der Waals surface area contributed by atoms with Crippen LogP contribution in [0.3, 0.4) is 0 Å². The smallest absolute Gasteiger partial charge is 0.267 e. The molecule has 0 fully saturated rings. The molecule has 1 N–H and O–H groups in total. The summed E-state index contributed by atoms with van der Waals surface area (Å²) in [4.78, 5) is 13.0. The first-order chi connectivity index (χ1) is 10.8. The Bertz CT molecular complexity index is 752. The third kappa shape index (κ3) is 3.18. The van der Waals surface area contributed by atoms with Crippen molar-refractivity contribution in [3.05, 3.63) is 52.5 Å². The Morgan fingerprint density at radius 1 is 1.32 bits per heavy atom. The highest BCUT2D eigenvalue weighted by Gasteiger charge is 2.15. The molecule has 3 rings (SSSR count). The van der Waals surface area contributed by atoms with E-state index in [9.17, 15) is 4.79 Å². The molecule has 0 radical (unpaired) electrons. The zero-order valence-corrected chi connectivity index (χ0v) is 13.4. The number of benzene rings is 1. The first-order valence-corrected chi connectivity index (χ1v) is 8.75. The number of nitrogens with zero attached hydrogens (tertiary/aromatic N) is 4. The van der Waals surface area contributed by atoms with Gasteiger partial charge in [-0.2, -0.15) is 16.4 Å². The number of anilines is 1. The number of nitrogens with one attached hydrogen (secondary N) is 1. The van der Waals surface area contributed by atoms with Gasteiger partial charge in [0, 0.05) is 11.4 Å². The molecule has 0 saturated carbocycles. The molecule has 0 aliphatic heterocycles. The molecule has 0 unspecified atom stereocenters. The van der Waals surface area contributed by atoms with Crippen LogP contribution in [0.25, 0.3) is 5.69 Å². The van der Waals surface area contributed by atoms with Crippen LogP contribution in [0.15, 0.2) is 42.0 Å². The molecule has 0 spiro atoms. The Balaban J connectivity index is 1.76. The lowest BCUT2D eigenvalue weighted by molar-refractivity contribution is 0.103. The third-order valence-electron chi connectivity index (χ3n) is 2.97.